The van der Waals surface area contributed by atoms with Crippen LogP contribution in [0.4, 0.5) is 14.6 Å². The van der Waals surface area contributed by atoms with E-state index < -0.39 is 6.08 Å². The van der Waals surface area contributed by atoms with Crippen LogP contribution < -0.4 is 10.6 Å². The summed E-state index contributed by atoms with van der Waals surface area (Å²) in [6.45, 7) is 1.76. The summed E-state index contributed by atoms with van der Waals surface area (Å²) < 4.78 is 26.5. The second-order valence-corrected chi connectivity index (χ2v) is 4.68. The van der Waals surface area contributed by atoms with E-state index in [0.717, 1.165) is 24.1 Å². The number of benzene rings is 1. The summed E-state index contributed by atoms with van der Waals surface area (Å²) in [7, 11) is 0. The third-order valence-electron chi connectivity index (χ3n) is 3.26. The van der Waals surface area contributed by atoms with E-state index in [-0.39, 0.29) is 5.82 Å². The molecule has 3 rings (SSSR count). The summed E-state index contributed by atoms with van der Waals surface area (Å²) in [5, 5.41) is 6.21. The second kappa shape index (κ2) is 5.50. The first-order valence-electron chi connectivity index (χ1n) is 6.47. The van der Waals surface area contributed by atoms with Gasteiger partial charge in [-0.2, -0.15) is 9.37 Å². The smallest absolute Gasteiger partial charge is 0.310 e. The zero-order valence-electron chi connectivity index (χ0n) is 10.8. The first kappa shape index (κ1) is 12.9. The highest BCUT2D eigenvalue weighted by atomic mass is 19.1. The monoisotopic (exact) mass is 276 g/mol. The van der Waals surface area contributed by atoms with Gasteiger partial charge in [0, 0.05) is 18.7 Å². The molecule has 0 atom stereocenters. The normalized spacial score (nSPS) is 13.9. The minimum atomic E-state index is -0.741. The van der Waals surface area contributed by atoms with E-state index in [4.69, 9.17) is 0 Å². The lowest BCUT2D eigenvalue weighted by molar-refractivity contribution is 0.515. The first-order valence-corrected chi connectivity index (χ1v) is 6.47. The highest BCUT2D eigenvalue weighted by Crippen LogP contribution is 2.20. The topological polar surface area (TPSA) is 49.8 Å². The predicted octanol–water partition coefficient (Wildman–Crippen LogP) is 2.01. The lowest BCUT2D eigenvalue weighted by Gasteiger charge is -2.19. The molecular weight excluding hydrogens is 262 g/mol. The minimum absolute atomic E-state index is 0.288. The molecule has 0 aliphatic carbocycles. The van der Waals surface area contributed by atoms with Crippen molar-refractivity contribution >= 4 is 5.82 Å². The van der Waals surface area contributed by atoms with E-state index >= 15 is 0 Å². The van der Waals surface area contributed by atoms with E-state index in [1.807, 2.05) is 6.07 Å². The van der Waals surface area contributed by atoms with Gasteiger partial charge in [-0.3, -0.25) is 0 Å². The van der Waals surface area contributed by atoms with Crippen LogP contribution >= 0.6 is 0 Å². The van der Waals surface area contributed by atoms with Crippen molar-refractivity contribution in [2.24, 2.45) is 0 Å². The van der Waals surface area contributed by atoms with Gasteiger partial charge in [-0.1, -0.05) is 12.1 Å². The number of nitrogens with one attached hydrogen (secondary N) is 2. The summed E-state index contributed by atoms with van der Waals surface area (Å²) in [6.07, 6.45) is 0.00960. The number of aromatic nitrogens is 2. The fourth-order valence-corrected chi connectivity index (χ4v) is 2.31. The first-order chi connectivity index (χ1) is 9.72. The fraction of sp³-hybridized carbons (Fsp3) is 0.286. The summed E-state index contributed by atoms with van der Waals surface area (Å²) >= 11 is 0. The van der Waals surface area contributed by atoms with Gasteiger partial charge in [-0.25, -0.2) is 9.37 Å². The standard InChI is InChI=1S/C14H14F2N4/c15-10-3-1-2-9(6-10)7-18-13-11-4-5-17-8-12(11)19-14(16)20-13/h1-3,6,17H,4-5,7-8H2,(H,18,19,20). The quantitative estimate of drug-likeness (QED) is 0.842. The zero-order chi connectivity index (χ0) is 13.9. The van der Waals surface area contributed by atoms with Gasteiger partial charge in [0.25, 0.3) is 0 Å². The maximum Gasteiger partial charge on any atom is 0.310 e. The molecule has 1 aromatic carbocycles. The van der Waals surface area contributed by atoms with Crippen LogP contribution in [-0.2, 0) is 19.5 Å². The van der Waals surface area contributed by atoms with Gasteiger partial charge in [-0.15, -0.1) is 0 Å². The third kappa shape index (κ3) is 2.75. The van der Waals surface area contributed by atoms with Crippen LogP contribution in [0.2, 0.25) is 0 Å². The van der Waals surface area contributed by atoms with E-state index in [1.165, 1.54) is 12.1 Å². The molecule has 2 aromatic rings. The van der Waals surface area contributed by atoms with Crippen LogP contribution in [0.3, 0.4) is 0 Å². The van der Waals surface area contributed by atoms with E-state index in [9.17, 15) is 8.78 Å². The van der Waals surface area contributed by atoms with Crippen LogP contribution in [0.1, 0.15) is 16.8 Å². The number of hydrogen-bond acceptors (Lipinski definition) is 4. The molecule has 0 bridgehead atoms. The Morgan fingerprint density at radius 1 is 1.25 bits per heavy atom. The summed E-state index contributed by atoms with van der Waals surface area (Å²) in [6, 6.07) is 6.29. The Kier molecular flexibility index (Phi) is 3.56. The lowest BCUT2D eigenvalue weighted by Crippen LogP contribution is -2.27. The Morgan fingerprint density at radius 3 is 3.00 bits per heavy atom. The Labute approximate surface area is 115 Å². The average molecular weight is 276 g/mol. The number of fused-ring (bicyclic) bond motifs is 1. The molecule has 104 valence electrons. The number of halogens is 2. The molecule has 4 nitrogen and oxygen atoms in total. The molecule has 0 unspecified atom stereocenters. The predicted molar refractivity (Wildman–Crippen MR) is 71.1 cm³/mol. The Bertz CT molecular complexity index is 631. The van der Waals surface area contributed by atoms with E-state index in [2.05, 4.69) is 20.6 Å². The highest BCUT2D eigenvalue weighted by molar-refractivity contribution is 5.47. The van der Waals surface area contributed by atoms with Gasteiger partial charge >= 0.3 is 6.08 Å². The zero-order valence-corrected chi connectivity index (χ0v) is 10.8. The highest BCUT2D eigenvalue weighted by Gasteiger charge is 2.17. The molecular formula is C14H14F2N4. The largest absolute Gasteiger partial charge is 0.366 e. The third-order valence-corrected chi connectivity index (χ3v) is 3.26. The van der Waals surface area contributed by atoms with Crippen molar-refractivity contribution in [1.82, 2.24) is 15.3 Å². The van der Waals surface area contributed by atoms with Crippen molar-refractivity contribution in [1.29, 1.82) is 0 Å². The fourth-order valence-electron chi connectivity index (χ4n) is 2.31. The molecule has 0 spiro atoms. The molecule has 1 aliphatic heterocycles. The number of hydrogen-bond donors (Lipinski definition) is 2. The second-order valence-electron chi connectivity index (χ2n) is 4.68. The Morgan fingerprint density at radius 2 is 2.15 bits per heavy atom. The molecule has 0 saturated heterocycles. The van der Waals surface area contributed by atoms with Gasteiger partial charge < -0.3 is 10.6 Å². The van der Waals surface area contributed by atoms with Crippen LogP contribution in [0.5, 0.6) is 0 Å². The van der Waals surface area contributed by atoms with Crippen molar-refractivity contribution in [3.8, 4) is 0 Å². The van der Waals surface area contributed by atoms with Crippen molar-refractivity contribution in [3.63, 3.8) is 0 Å². The molecule has 0 amide bonds. The van der Waals surface area contributed by atoms with Gasteiger partial charge in [0.2, 0.25) is 0 Å². The Hall–Kier alpha value is -2.08. The average Bonchev–Trinajstić information content (AvgIpc) is 2.44. The summed E-state index contributed by atoms with van der Waals surface area (Å²) in [5.74, 6) is 0.211. The van der Waals surface area contributed by atoms with Crippen LogP contribution in [0.15, 0.2) is 24.3 Å². The molecule has 1 aromatic heterocycles. The lowest BCUT2D eigenvalue weighted by atomic mass is 10.1. The van der Waals surface area contributed by atoms with Crippen molar-refractivity contribution in [3.05, 3.63) is 53.0 Å². The van der Waals surface area contributed by atoms with Crippen LogP contribution in [-0.4, -0.2) is 16.5 Å². The van der Waals surface area contributed by atoms with Crippen molar-refractivity contribution in [2.45, 2.75) is 19.5 Å². The maximum atomic E-state index is 13.4. The van der Waals surface area contributed by atoms with Gasteiger partial charge in [-0.05, 0) is 30.7 Å². The Balaban J connectivity index is 1.82. The SMILES string of the molecule is Fc1cccc(CNc2nc(F)nc3c2CCNC3)c1. The van der Waals surface area contributed by atoms with Gasteiger partial charge in [0.1, 0.15) is 11.6 Å². The maximum absolute atomic E-state index is 13.4. The molecule has 0 fully saturated rings. The number of anilines is 1. The van der Waals surface area contributed by atoms with Crippen molar-refractivity contribution < 1.29 is 8.78 Å². The molecule has 6 heteroatoms. The molecule has 20 heavy (non-hydrogen) atoms. The summed E-state index contributed by atoms with van der Waals surface area (Å²) in [5.41, 5.74) is 2.40. The van der Waals surface area contributed by atoms with E-state index in [0.29, 0.717) is 24.6 Å². The molecule has 0 saturated carbocycles. The molecule has 2 N–H and O–H groups in total. The number of nitrogens with zero attached hydrogens (tertiary/aromatic N) is 2. The molecule has 1 aliphatic rings. The van der Waals surface area contributed by atoms with Gasteiger partial charge in [0.05, 0.1) is 5.69 Å². The van der Waals surface area contributed by atoms with Crippen LogP contribution in [0, 0.1) is 11.9 Å². The summed E-state index contributed by atoms with van der Waals surface area (Å²) in [4.78, 5) is 7.62. The number of rotatable bonds is 3. The molecule has 2 heterocycles. The minimum Gasteiger partial charge on any atom is -0.366 e. The van der Waals surface area contributed by atoms with Crippen molar-refractivity contribution in [2.75, 3.05) is 11.9 Å². The van der Waals surface area contributed by atoms with E-state index in [1.54, 1.807) is 6.07 Å². The van der Waals surface area contributed by atoms with Crippen LogP contribution in [0.25, 0.3) is 0 Å². The van der Waals surface area contributed by atoms with Gasteiger partial charge in [0.15, 0.2) is 0 Å². The molecule has 0 radical (unpaired) electrons.